The lowest BCUT2D eigenvalue weighted by Crippen LogP contribution is -2.34. The molecule has 1 heterocycles. The smallest absolute Gasteiger partial charge is 0.340 e. The molecule has 1 aliphatic rings. The van der Waals surface area contributed by atoms with E-state index in [1.807, 2.05) is 0 Å². The van der Waals surface area contributed by atoms with Crippen LogP contribution in [-0.2, 0) is 14.3 Å². The van der Waals surface area contributed by atoms with Gasteiger partial charge in [0, 0.05) is 4.47 Å². The maximum atomic E-state index is 12.0. The van der Waals surface area contributed by atoms with Crippen molar-refractivity contribution < 1.29 is 19.1 Å². The van der Waals surface area contributed by atoms with Crippen LogP contribution in [-0.4, -0.2) is 24.1 Å². The van der Waals surface area contributed by atoms with Crippen LogP contribution in [0.3, 0.4) is 0 Å². The molecule has 0 radical (unpaired) electrons. The van der Waals surface area contributed by atoms with E-state index in [9.17, 15) is 9.59 Å². The third kappa shape index (κ3) is 4.64. The van der Waals surface area contributed by atoms with E-state index in [1.54, 1.807) is 30.3 Å². The molecule has 0 aromatic heterocycles. The summed E-state index contributed by atoms with van der Waals surface area (Å²) in [5.74, 6) is -0.582. The first-order valence-corrected chi connectivity index (χ1v) is 7.84. The molecule has 1 aliphatic heterocycles. The Morgan fingerprint density at radius 3 is 2.77 bits per heavy atom. The molecule has 0 spiro atoms. The van der Waals surface area contributed by atoms with Gasteiger partial charge in [0.25, 0.3) is 0 Å². The van der Waals surface area contributed by atoms with E-state index in [1.165, 1.54) is 12.2 Å². The molecule has 0 fully saturated rings. The Hall–Kier alpha value is -1.72. The molecular weight excluding hydrogens is 348 g/mol. The first kappa shape index (κ1) is 16.6. The summed E-state index contributed by atoms with van der Waals surface area (Å²) < 4.78 is 11.7. The minimum atomic E-state index is -0.831. The summed E-state index contributed by atoms with van der Waals surface area (Å²) in [5, 5.41) is 0. The van der Waals surface area contributed by atoms with Crippen LogP contribution < -0.4 is 0 Å². The molecule has 1 aromatic carbocycles. The summed E-state index contributed by atoms with van der Waals surface area (Å²) in [6.07, 6.45) is 5.50. The van der Waals surface area contributed by atoms with Crippen molar-refractivity contribution >= 4 is 27.7 Å². The van der Waals surface area contributed by atoms with Gasteiger partial charge in [0.15, 0.2) is 5.78 Å². The fraction of sp³-hybridized carbons (Fsp3) is 0.294. The van der Waals surface area contributed by atoms with E-state index in [0.29, 0.717) is 12.0 Å². The Balaban J connectivity index is 1.93. The van der Waals surface area contributed by atoms with Crippen molar-refractivity contribution in [3.05, 3.63) is 59.1 Å². The van der Waals surface area contributed by atoms with Crippen LogP contribution in [0.4, 0.5) is 0 Å². The Bertz CT molecular complexity index is 577. The predicted molar refractivity (Wildman–Crippen MR) is 86.4 cm³/mol. The van der Waals surface area contributed by atoms with Gasteiger partial charge in [0.1, 0.15) is 6.10 Å². The number of benzene rings is 1. The van der Waals surface area contributed by atoms with Crippen LogP contribution in [0.25, 0.3) is 0 Å². The summed E-state index contributed by atoms with van der Waals surface area (Å²) in [7, 11) is 0. The maximum Gasteiger partial charge on any atom is 0.340 e. The number of hydrogen-bond acceptors (Lipinski definition) is 4. The van der Waals surface area contributed by atoms with E-state index in [0.717, 1.165) is 17.3 Å². The third-order valence-electron chi connectivity index (χ3n) is 3.21. The fourth-order valence-electron chi connectivity index (χ4n) is 2.04. The zero-order chi connectivity index (χ0) is 15.9. The zero-order valence-electron chi connectivity index (χ0n) is 12.0. The number of unbranched alkanes of at least 4 members (excludes halogenated alkanes) is 1. The van der Waals surface area contributed by atoms with E-state index in [2.05, 4.69) is 22.5 Å². The fourth-order valence-corrected chi connectivity index (χ4v) is 2.30. The number of rotatable bonds is 6. The zero-order valence-corrected chi connectivity index (χ0v) is 13.6. The van der Waals surface area contributed by atoms with Gasteiger partial charge in [-0.15, -0.1) is 6.58 Å². The van der Waals surface area contributed by atoms with E-state index >= 15 is 0 Å². The van der Waals surface area contributed by atoms with Crippen LogP contribution in [0.15, 0.2) is 53.5 Å². The summed E-state index contributed by atoms with van der Waals surface area (Å²) in [4.78, 5) is 23.8. The lowest BCUT2D eigenvalue weighted by Gasteiger charge is -2.24. The van der Waals surface area contributed by atoms with Crippen molar-refractivity contribution in [3.8, 4) is 0 Å². The van der Waals surface area contributed by atoms with Crippen molar-refractivity contribution in [2.75, 3.05) is 0 Å². The van der Waals surface area contributed by atoms with Gasteiger partial charge in [-0.2, -0.15) is 0 Å². The molecule has 0 unspecified atom stereocenters. The Kier molecular flexibility index (Phi) is 6.10. The lowest BCUT2D eigenvalue weighted by atomic mass is 10.1. The van der Waals surface area contributed by atoms with Gasteiger partial charge < -0.3 is 9.47 Å². The van der Waals surface area contributed by atoms with Crippen LogP contribution >= 0.6 is 15.9 Å². The van der Waals surface area contributed by atoms with Gasteiger partial charge in [0.05, 0.1) is 5.56 Å². The highest BCUT2D eigenvalue weighted by Gasteiger charge is 2.27. The standard InChI is InChI=1S/C17H17BrO4/c1-2-3-4-5-15-14(19)10-11-16(21-15)22-17(20)12-6-8-13(18)9-7-12/h2,6-11,15-16H,1,3-5H2/t15-,16+/m0/s1. The molecule has 0 saturated heterocycles. The molecule has 0 aliphatic carbocycles. The minimum Gasteiger partial charge on any atom is -0.428 e. The first-order chi connectivity index (χ1) is 10.6. The highest BCUT2D eigenvalue weighted by atomic mass is 79.9. The molecule has 0 saturated carbocycles. The summed E-state index contributed by atoms with van der Waals surface area (Å²) in [6, 6.07) is 6.84. The molecule has 0 N–H and O–H groups in total. The van der Waals surface area contributed by atoms with Gasteiger partial charge in [-0.25, -0.2) is 4.79 Å². The van der Waals surface area contributed by atoms with Gasteiger partial charge in [0.2, 0.25) is 6.29 Å². The second kappa shape index (κ2) is 8.06. The summed E-state index contributed by atoms with van der Waals surface area (Å²) >= 11 is 3.30. The van der Waals surface area contributed by atoms with Gasteiger partial charge in [-0.1, -0.05) is 22.0 Å². The van der Waals surface area contributed by atoms with Gasteiger partial charge >= 0.3 is 5.97 Å². The highest BCUT2D eigenvalue weighted by Crippen LogP contribution is 2.18. The Morgan fingerprint density at radius 1 is 1.36 bits per heavy atom. The third-order valence-corrected chi connectivity index (χ3v) is 3.74. The topological polar surface area (TPSA) is 52.6 Å². The van der Waals surface area contributed by atoms with Crippen LogP contribution in [0.1, 0.15) is 29.6 Å². The molecule has 1 aromatic rings. The Morgan fingerprint density at radius 2 is 2.09 bits per heavy atom. The second-order valence-corrected chi connectivity index (χ2v) is 5.80. The van der Waals surface area contributed by atoms with Crippen molar-refractivity contribution in [2.45, 2.75) is 31.7 Å². The minimum absolute atomic E-state index is 0.0972. The normalized spacial score (nSPS) is 20.7. The Labute approximate surface area is 137 Å². The number of allylic oxidation sites excluding steroid dienone is 1. The number of carbonyl (C=O) groups excluding carboxylic acids is 2. The molecule has 2 rings (SSSR count). The molecule has 5 heteroatoms. The van der Waals surface area contributed by atoms with E-state index < -0.39 is 18.4 Å². The number of ether oxygens (including phenoxy) is 2. The molecule has 0 amide bonds. The van der Waals surface area contributed by atoms with Crippen LogP contribution in [0.2, 0.25) is 0 Å². The highest BCUT2D eigenvalue weighted by molar-refractivity contribution is 9.10. The first-order valence-electron chi connectivity index (χ1n) is 7.05. The quantitative estimate of drug-likeness (QED) is 0.437. The van der Waals surface area contributed by atoms with Crippen LogP contribution in [0, 0.1) is 0 Å². The maximum absolute atomic E-state index is 12.0. The SMILES string of the molecule is C=CCCC[C@@H]1O[C@H](OC(=O)c2ccc(Br)cc2)C=CC1=O. The summed E-state index contributed by atoms with van der Waals surface area (Å²) in [6.45, 7) is 3.64. The summed E-state index contributed by atoms with van der Waals surface area (Å²) in [5.41, 5.74) is 0.431. The van der Waals surface area contributed by atoms with Gasteiger partial charge in [-0.3, -0.25) is 4.79 Å². The van der Waals surface area contributed by atoms with E-state index in [4.69, 9.17) is 9.47 Å². The average molecular weight is 365 g/mol. The molecule has 4 nitrogen and oxygen atoms in total. The van der Waals surface area contributed by atoms with Crippen molar-refractivity contribution in [2.24, 2.45) is 0 Å². The largest absolute Gasteiger partial charge is 0.428 e. The molecular formula is C17H17BrO4. The predicted octanol–water partition coefficient (Wildman–Crippen LogP) is 3.81. The number of ketones is 1. The van der Waals surface area contributed by atoms with Gasteiger partial charge in [-0.05, 0) is 55.7 Å². The molecule has 0 bridgehead atoms. The monoisotopic (exact) mass is 364 g/mol. The molecule has 2 atom stereocenters. The number of hydrogen-bond donors (Lipinski definition) is 0. The number of esters is 1. The van der Waals surface area contributed by atoms with E-state index in [-0.39, 0.29) is 5.78 Å². The molecule has 22 heavy (non-hydrogen) atoms. The number of halogens is 1. The van der Waals surface area contributed by atoms with Crippen molar-refractivity contribution in [1.82, 2.24) is 0 Å². The van der Waals surface area contributed by atoms with Crippen LogP contribution in [0.5, 0.6) is 0 Å². The van der Waals surface area contributed by atoms with Crippen molar-refractivity contribution in [1.29, 1.82) is 0 Å². The molecule has 116 valence electrons. The second-order valence-electron chi connectivity index (χ2n) is 4.89. The lowest BCUT2D eigenvalue weighted by molar-refractivity contribution is -0.150. The van der Waals surface area contributed by atoms with Crippen molar-refractivity contribution in [3.63, 3.8) is 0 Å². The number of carbonyl (C=O) groups is 2. The average Bonchev–Trinajstić information content (AvgIpc) is 2.51.